The van der Waals surface area contributed by atoms with Crippen molar-refractivity contribution in [1.29, 1.82) is 0 Å². The molecule has 2 atom stereocenters. The van der Waals surface area contributed by atoms with Crippen LogP contribution >= 0.6 is 20.2 Å². The molecule has 2 heterocycles. The number of fused-ring (bicyclic) bond motifs is 1. The number of aliphatic hydroxyl groups is 1. The molecule has 2 N–H and O–H groups in total. The first kappa shape index (κ1) is 13.6. The average Bonchev–Trinajstić information content (AvgIpc) is 2.42. The summed E-state index contributed by atoms with van der Waals surface area (Å²) in [4.78, 5) is 0. The molecule has 0 amide bonds. The number of alkyl halides is 2. The summed E-state index contributed by atoms with van der Waals surface area (Å²) in [6.07, 6.45) is 3.86. The fourth-order valence-electron chi connectivity index (χ4n) is 2.76. The van der Waals surface area contributed by atoms with Crippen molar-refractivity contribution in [3.8, 4) is 0 Å². The Morgan fingerprint density at radius 2 is 2.11 bits per heavy atom. The fraction of sp³-hybridized carbons (Fsp3) is 0.571. The minimum atomic E-state index is -1.73. The standard InChI is InChI=1S/C14H19FINO2/c15-11-4-6-12(7-5-11)17-13-3-1-9-16-14(13,18)8-2-10-19-16/h4-7,13,17-18H,1-3,8-10H2/t13?,14-/m0/s1. The van der Waals surface area contributed by atoms with E-state index < -0.39 is 23.8 Å². The molecule has 106 valence electrons. The molecule has 2 aliphatic rings. The molecule has 19 heavy (non-hydrogen) atoms. The molecule has 3 nitrogen and oxygen atoms in total. The molecule has 2 fully saturated rings. The Kier molecular flexibility index (Phi) is 3.96. The first-order valence-corrected chi connectivity index (χ1v) is 10.2. The molecule has 5 heteroatoms. The van der Waals surface area contributed by atoms with E-state index in [1.54, 1.807) is 12.1 Å². The summed E-state index contributed by atoms with van der Waals surface area (Å²) >= 11 is -1.73. The van der Waals surface area contributed by atoms with Gasteiger partial charge in [0.05, 0.1) is 0 Å². The summed E-state index contributed by atoms with van der Waals surface area (Å²) in [7, 11) is 0. The zero-order valence-corrected chi connectivity index (χ0v) is 12.9. The number of benzene rings is 1. The van der Waals surface area contributed by atoms with Gasteiger partial charge in [-0.1, -0.05) is 0 Å². The van der Waals surface area contributed by atoms with Gasteiger partial charge in [0.2, 0.25) is 0 Å². The summed E-state index contributed by atoms with van der Waals surface area (Å²) in [6.45, 7) is 0.816. The molecular formula is C14H19FINO2. The molecule has 1 aromatic carbocycles. The molecule has 0 saturated carbocycles. The molecule has 0 bridgehead atoms. The van der Waals surface area contributed by atoms with E-state index in [9.17, 15) is 9.50 Å². The summed E-state index contributed by atoms with van der Waals surface area (Å²) in [5, 5.41) is 14.4. The Morgan fingerprint density at radius 3 is 2.89 bits per heavy atom. The van der Waals surface area contributed by atoms with E-state index in [2.05, 4.69) is 5.32 Å². The number of hydrogen-bond acceptors (Lipinski definition) is 3. The van der Waals surface area contributed by atoms with Crippen LogP contribution in [0, 0.1) is 5.82 Å². The second kappa shape index (κ2) is 5.54. The van der Waals surface area contributed by atoms with Crippen molar-refractivity contribution in [3.63, 3.8) is 0 Å². The summed E-state index contributed by atoms with van der Waals surface area (Å²) in [6, 6.07) is 6.41. The van der Waals surface area contributed by atoms with Crippen LogP contribution in [0.2, 0.25) is 0 Å². The molecule has 1 unspecified atom stereocenters. The van der Waals surface area contributed by atoms with Crippen molar-refractivity contribution in [2.45, 2.75) is 35.3 Å². The van der Waals surface area contributed by atoms with Gasteiger partial charge in [-0.3, -0.25) is 0 Å². The van der Waals surface area contributed by atoms with Gasteiger partial charge in [0, 0.05) is 0 Å². The predicted molar refractivity (Wildman–Crippen MR) is 82.1 cm³/mol. The predicted octanol–water partition coefficient (Wildman–Crippen LogP) is 3.32. The topological polar surface area (TPSA) is 41.5 Å². The Balaban J connectivity index is 1.77. The van der Waals surface area contributed by atoms with Crippen LogP contribution in [0.15, 0.2) is 24.3 Å². The number of anilines is 1. The molecule has 1 aromatic rings. The van der Waals surface area contributed by atoms with Crippen LogP contribution in [-0.2, 0) is 3.07 Å². The zero-order valence-electron chi connectivity index (χ0n) is 10.7. The SMILES string of the molecule is O[C@]12CCCOI1CCCC2Nc1ccc(F)cc1. The van der Waals surface area contributed by atoms with Crippen LogP contribution in [0.1, 0.15) is 25.7 Å². The zero-order chi connectivity index (χ0) is 13.3. The molecule has 0 aromatic heterocycles. The Morgan fingerprint density at radius 1 is 1.32 bits per heavy atom. The van der Waals surface area contributed by atoms with Crippen molar-refractivity contribution in [3.05, 3.63) is 30.1 Å². The van der Waals surface area contributed by atoms with Crippen molar-refractivity contribution in [2.24, 2.45) is 0 Å². The van der Waals surface area contributed by atoms with Crippen LogP contribution in [0.3, 0.4) is 0 Å². The second-order valence-corrected chi connectivity index (χ2v) is 10.5. The molecule has 2 aliphatic heterocycles. The van der Waals surface area contributed by atoms with Crippen molar-refractivity contribution < 1.29 is 12.6 Å². The third-order valence-electron chi connectivity index (χ3n) is 3.76. The van der Waals surface area contributed by atoms with Gasteiger partial charge in [0.15, 0.2) is 0 Å². The van der Waals surface area contributed by atoms with E-state index in [0.29, 0.717) is 0 Å². The van der Waals surface area contributed by atoms with Crippen LogP contribution in [0.4, 0.5) is 10.1 Å². The number of halogens is 2. The van der Waals surface area contributed by atoms with Gasteiger partial charge in [-0.15, -0.1) is 0 Å². The van der Waals surface area contributed by atoms with Crippen molar-refractivity contribution in [2.75, 3.05) is 16.4 Å². The van der Waals surface area contributed by atoms with E-state index >= 15 is 0 Å². The van der Waals surface area contributed by atoms with Gasteiger partial charge in [0.25, 0.3) is 0 Å². The number of hydrogen-bond donors (Lipinski definition) is 2. The van der Waals surface area contributed by atoms with E-state index in [1.165, 1.54) is 12.1 Å². The van der Waals surface area contributed by atoms with E-state index in [0.717, 1.165) is 42.4 Å². The third kappa shape index (κ3) is 2.73. The molecule has 3 rings (SSSR count). The quantitative estimate of drug-likeness (QED) is 0.612. The maximum atomic E-state index is 12.9. The molecular weight excluding hydrogens is 360 g/mol. The van der Waals surface area contributed by atoms with Gasteiger partial charge in [-0.2, -0.15) is 0 Å². The Labute approximate surface area is 120 Å². The normalized spacial score (nSPS) is 32.7. The van der Waals surface area contributed by atoms with Gasteiger partial charge < -0.3 is 0 Å². The second-order valence-electron chi connectivity index (χ2n) is 5.09. The maximum absolute atomic E-state index is 12.9. The van der Waals surface area contributed by atoms with E-state index in [1.807, 2.05) is 0 Å². The van der Waals surface area contributed by atoms with Crippen LogP contribution in [-0.4, -0.2) is 25.8 Å². The molecule has 0 radical (unpaired) electrons. The van der Waals surface area contributed by atoms with E-state index in [4.69, 9.17) is 3.07 Å². The van der Waals surface area contributed by atoms with Crippen LogP contribution in [0.25, 0.3) is 0 Å². The van der Waals surface area contributed by atoms with Crippen LogP contribution < -0.4 is 5.32 Å². The molecule has 2 saturated heterocycles. The Hall–Kier alpha value is -0.400. The summed E-state index contributed by atoms with van der Waals surface area (Å²) in [5.41, 5.74) is 0.878. The summed E-state index contributed by atoms with van der Waals surface area (Å²) in [5.74, 6) is -0.234. The van der Waals surface area contributed by atoms with Gasteiger partial charge in [-0.05, 0) is 0 Å². The first-order chi connectivity index (χ1) is 9.18. The monoisotopic (exact) mass is 379 g/mol. The van der Waals surface area contributed by atoms with E-state index in [-0.39, 0.29) is 11.9 Å². The number of rotatable bonds is 2. The van der Waals surface area contributed by atoms with Gasteiger partial charge in [0.1, 0.15) is 0 Å². The van der Waals surface area contributed by atoms with Crippen molar-refractivity contribution >= 4 is 25.9 Å². The molecule has 0 spiro atoms. The number of nitrogens with one attached hydrogen (secondary N) is 1. The van der Waals surface area contributed by atoms with Crippen molar-refractivity contribution in [1.82, 2.24) is 0 Å². The first-order valence-electron chi connectivity index (χ1n) is 6.72. The summed E-state index contributed by atoms with van der Waals surface area (Å²) < 4.78 is 19.3. The van der Waals surface area contributed by atoms with Gasteiger partial charge >= 0.3 is 120 Å². The minimum absolute atomic E-state index is 0.0530. The Bertz CT molecular complexity index is 440. The van der Waals surface area contributed by atoms with Gasteiger partial charge in [-0.25, -0.2) is 0 Å². The average molecular weight is 379 g/mol. The van der Waals surface area contributed by atoms with Crippen LogP contribution in [0.5, 0.6) is 0 Å². The fourth-order valence-corrected chi connectivity index (χ4v) is 8.81. The third-order valence-corrected chi connectivity index (χ3v) is 10.1. The molecule has 0 aliphatic carbocycles.